The lowest BCUT2D eigenvalue weighted by molar-refractivity contribution is -0.385. The molecule has 1 N–H and O–H groups in total. The Hall–Kier alpha value is -2.44. The van der Waals surface area contributed by atoms with Crippen LogP contribution in [0.4, 0.5) is 11.4 Å². The van der Waals surface area contributed by atoms with Crippen LogP contribution in [0.25, 0.3) is 0 Å². The van der Waals surface area contributed by atoms with Gasteiger partial charge in [0.15, 0.2) is 0 Å². The van der Waals surface area contributed by atoms with E-state index in [2.05, 4.69) is 10.1 Å². The van der Waals surface area contributed by atoms with Crippen molar-refractivity contribution in [2.75, 3.05) is 12.4 Å². The number of aryl methyl sites for hydroxylation is 1. The molecule has 0 bridgehead atoms. The molecule has 7 nitrogen and oxygen atoms in total. The second-order valence-electron chi connectivity index (χ2n) is 3.81. The fourth-order valence-corrected chi connectivity index (χ4v) is 1.65. The number of hydrogen-bond donors (Lipinski definition) is 1. The maximum atomic E-state index is 11.5. The van der Waals surface area contributed by atoms with Crippen LogP contribution in [-0.4, -0.2) is 23.9 Å². The van der Waals surface area contributed by atoms with Crippen molar-refractivity contribution in [3.05, 3.63) is 33.4 Å². The number of amides is 1. The van der Waals surface area contributed by atoms with E-state index < -0.39 is 10.9 Å². The number of anilines is 1. The average Bonchev–Trinajstić information content (AvgIpc) is 2.36. The zero-order chi connectivity index (χ0) is 14.6. The number of nitro benzene ring substituents is 1. The fourth-order valence-electron chi connectivity index (χ4n) is 1.65. The highest BCUT2D eigenvalue weighted by Crippen LogP contribution is 2.28. The largest absolute Gasteiger partial charge is 0.465 e. The maximum absolute atomic E-state index is 11.5. The Morgan fingerprint density at radius 1 is 1.42 bits per heavy atom. The number of nitro groups is 1. The van der Waals surface area contributed by atoms with Crippen molar-refractivity contribution in [1.82, 2.24) is 0 Å². The highest BCUT2D eigenvalue weighted by atomic mass is 16.6. The Bertz CT molecular complexity index is 539. The Morgan fingerprint density at radius 2 is 2.05 bits per heavy atom. The van der Waals surface area contributed by atoms with Crippen LogP contribution in [0.1, 0.15) is 29.8 Å². The second-order valence-corrected chi connectivity index (χ2v) is 3.81. The third-order valence-corrected chi connectivity index (χ3v) is 2.52. The van der Waals surface area contributed by atoms with Crippen molar-refractivity contribution >= 4 is 23.3 Å². The minimum Gasteiger partial charge on any atom is -0.465 e. The zero-order valence-electron chi connectivity index (χ0n) is 10.9. The van der Waals surface area contributed by atoms with Gasteiger partial charge in [-0.3, -0.25) is 14.9 Å². The van der Waals surface area contributed by atoms with Gasteiger partial charge in [0.2, 0.25) is 5.91 Å². The lowest BCUT2D eigenvalue weighted by Crippen LogP contribution is -2.12. The zero-order valence-corrected chi connectivity index (χ0v) is 10.9. The molecule has 0 aliphatic rings. The lowest BCUT2D eigenvalue weighted by Gasteiger charge is -2.10. The maximum Gasteiger partial charge on any atom is 0.344 e. The van der Waals surface area contributed by atoms with Crippen LogP contribution in [0.3, 0.4) is 0 Å². The topological polar surface area (TPSA) is 98.5 Å². The molecule has 1 aromatic rings. The van der Waals surface area contributed by atoms with Gasteiger partial charge in [-0.05, 0) is 18.1 Å². The molecule has 0 fully saturated rings. The van der Waals surface area contributed by atoms with Gasteiger partial charge in [-0.1, -0.05) is 6.92 Å². The van der Waals surface area contributed by atoms with Crippen LogP contribution >= 0.6 is 0 Å². The smallest absolute Gasteiger partial charge is 0.344 e. The third-order valence-electron chi connectivity index (χ3n) is 2.52. The summed E-state index contributed by atoms with van der Waals surface area (Å²) in [7, 11) is 1.14. The van der Waals surface area contributed by atoms with Gasteiger partial charge >= 0.3 is 5.97 Å². The first-order valence-electron chi connectivity index (χ1n) is 5.57. The standard InChI is InChI=1S/C12H14N2O5/c1-4-8-5-11(14(17)18)9(12(16)19-3)6-10(8)13-7(2)15/h5-6H,4H2,1-3H3,(H,13,15). The van der Waals surface area contributed by atoms with E-state index >= 15 is 0 Å². The fraction of sp³-hybridized carbons (Fsp3) is 0.333. The molecular formula is C12H14N2O5. The molecule has 0 aliphatic heterocycles. The summed E-state index contributed by atoms with van der Waals surface area (Å²) in [5, 5.41) is 13.5. The first kappa shape index (κ1) is 14.6. The highest BCUT2D eigenvalue weighted by molar-refractivity contribution is 5.97. The van der Waals surface area contributed by atoms with Crippen molar-refractivity contribution in [1.29, 1.82) is 0 Å². The Balaban J connectivity index is 3.46. The Labute approximate surface area is 109 Å². The predicted octanol–water partition coefficient (Wildman–Crippen LogP) is 1.90. The molecular weight excluding hydrogens is 252 g/mol. The average molecular weight is 266 g/mol. The van der Waals surface area contributed by atoms with Crippen LogP contribution < -0.4 is 5.32 Å². The van der Waals surface area contributed by atoms with Gasteiger partial charge in [-0.2, -0.15) is 0 Å². The van der Waals surface area contributed by atoms with Gasteiger partial charge in [0, 0.05) is 18.7 Å². The van der Waals surface area contributed by atoms with Crippen LogP contribution in [-0.2, 0) is 16.0 Å². The summed E-state index contributed by atoms with van der Waals surface area (Å²) in [6.07, 6.45) is 0.484. The normalized spacial score (nSPS) is 9.84. The minimum absolute atomic E-state index is 0.187. The molecule has 19 heavy (non-hydrogen) atoms. The van der Waals surface area contributed by atoms with E-state index in [1.54, 1.807) is 6.92 Å². The molecule has 0 atom stereocenters. The van der Waals surface area contributed by atoms with Crippen molar-refractivity contribution < 1.29 is 19.2 Å². The second kappa shape index (κ2) is 5.94. The van der Waals surface area contributed by atoms with E-state index in [9.17, 15) is 19.7 Å². The van der Waals surface area contributed by atoms with Gasteiger partial charge in [0.1, 0.15) is 5.56 Å². The van der Waals surface area contributed by atoms with E-state index in [0.717, 1.165) is 7.11 Å². The summed E-state index contributed by atoms with van der Waals surface area (Å²) in [4.78, 5) is 32.9. The summed E-state index contributed by atoms with van der Waals surface area (Å²) in [5.74, 6) is -1.14. The highest BCUT2D eigenvalue weighted by Gasteiger charge is 2.23. The van der Waals surface area contributed by atoms with E-state index in [0.29, 0.717) is 17.7 Å². The summed E-state index contributed by atoms with van der Waals surface area (Å²) >= 11 is 0. The number of rotatable bonds is 4. The van der Waals surface area contributed by atoms with E-state index in [1.165, 1.54) is 19.1 Å². The van der Waals surface area contributed by atoms with Crippen LogP contribution in [0.2, 0.25) is 0 Å². The predicted molar refractivity (Wildman–Crippen MR) is 68.1 cm³/mol. The summed E-state index contributed by atoms with van der Waals surface area (Å²) in [5.41, 5.74) is 0.432. The quantitative estimate of drug-likeness (QED) is 0.509. The first-order valence-corrected chi connectivity index (χ1v) is 5.57. The van der Waals surface area contributed by atoms with E-state index in [4.69, 9.17) is 0 Å². The van der Waals surface area contributed by atoms with Crippen LogP contribution in [0.15, 0.2) is 12.1 Å². The molecule has 0 saturated heterocycles. The molecule has 1 amide bonds. The number of esters is 1. The molecule has 0 heterocycles. The molecule has 0 spiro atoms. The van der Waals surface area contributed by atoms with Gasteiger partial charge in [0.25, 0.3) is 5.69 Å². The summed E-state index contributed by atoms with van der Waals surface area (Å²) in [6, 6.07) is 2.54. The summed E-state index contributed by atoms with van der Waals surface area (Å²) < 4.78 is 4.50. The molecule has 0 aliphatic carbocycles. The molecule has 102 valence electrons. The molecule has 7 heteroatoms. The van der Waals surface area contributed by atoms with Crippen molar-refractivity contribution in [2.24, 2.45) is 0 Å². The molecule has 1 rings (SSSR count). The SMILES string of the molecule is CCc1cc([N+](=O)[O-])c(C(=O)OC)cc1NC(C)=O. The van der Waals surface area contributed by atoms with Crippen LogP contribution in [0.5, 0.6) is 0 Å². The number of methoxy groups -OCH3 is 1. The molecule has 0 radical (unpaired) electrons. The number of carbonyl (C=O) groups excluding carboxylic acids is 2. The molecule has 0 saturated carbocycles. The van der Waals surface area contributed by atoms with E-state index in [1.807, 2.05) is 0 Å². The number of nitrogens with zero attached hydrogens (tertiary/aromatic N) is 1. The summed E-state index contributed by atoms with van der Waals surface area (Å²) in [6.45, 7) is 3.11. The van der Waals surface area contributed by atoms with Crippen molar-refractivity contribution in [3.8, 4) is 0 Å². The Kier molecular flexibility index (Phi) is 4.57. The first-order chi connectivity index (χ1) is 8.90. The molecule has 0 aromatic heterocycles. The number of ether oxygens (including phenoxy) is 1. The van der Waals surface area contributed by atoms with Gasteiger partial charge < -0.3 is 10.1 Å². The number of hydrogen-bond acceptors (Lipinski definition) is 5. The van der Waals surface area contributed by atoms with Crippen LogP contribution in [0, 0.1) is 10.1 Å². The lowest BCUT2D eigenvalue weighted by atomic mass is 10.0. The Morgan fingerprint density at radius 3 is 2.47 bits per heavy atom. The number of benzene rings is 1. The van der Waals surface area contributed by atoms with Gasteiger partial charge in [-0.15, -0.1) is 0 Å². The molecule has 1 aromatic carbocycles. The van der Waals surface area contributed by atoms with Gasteiger partial charge in [0.05, 0.1) is 12.0 Å². The molecule has 0 unspecified atom stereocenters. The monoisotopic (exact) mass is 266 g/mol. The minimum atomic E-state index is -0.819. The van der Waals surface area contributed by atoms with Gasteiger partial charge in [-0.25, -0.2) is 4.79 Å². The third kappa shape index (κ3) is 3.27. The number of carbonyl (C=O) groups is 2. The van der Waals surface area contributed by atoms with E-state index in [-0.39, 0.29) is 17.2 Å². The van der Waals surface area contributed by atoms with Crippen molar-refractivity contribution in [2.45, 2.75) is 20.3 Å². The van der Waals surface area contributed by atoms with Crippen molar-refractivity contribution in [3.63, 3.8) is 0 Å². The number of nitrogens with one attached hydrogen (secondary N) is 1.